The molecule has 1 rings (SSSR count). The molecule has 1 aromatic rings. The topological polar surface area (TPSA) is 37.3 Å². The molecule has 0 unspecified atom stereocenters. The Morgan fingerprint density at radius 3 is 2.92 bits per heavy atom. The monoisotopic (exact) mass is 196 g/mol. The summed E-state index contributed by atoms with van der Waals surface area (Å²) in [6.07, 6.45) is 3.36. The Balaban J connectivity index is 2.63. The van der Waals surface area contributed by atoms with Gasteiger partial charge in [-0.1, -0.05) is 35.9 Å². The maximum Gasteiger partial charge on any atom is 0.307 e. The highest BCUT2D eigenvalue weighted by Gasteiger charge is 1.91. The quantitative estimate of drug-likeness (QED) is 0.807. The Morgan fingerprint density at radius 1 is 1.54 bits per heavy atom. The highest BCUT2D eigenvalue weighted by molar-refractivity contribution is 6.30. The van der Waals surface area contributed by atoms with Crippen molar-refractivity contribution in [2.45, 2.75) is 6.42 Å². The van der Waals surface area contributed by atoms with Gasteiger partial charge in [-0.3, -0.25) is 4.79 Å². The number of carboxylic acid groups (broad SMARTS) is 1. The number of aliphatic carboxylic acids is 1. The SMILES string of the molecule is O=C(O)CC=Cc1cccc(Cl)c1. The first-order chi connectivity index (χ1) is 6.18. The molecule has 3 heteroatoms. The number of halogens is 1. The number of carboxylic acids is 1. The molecule has 0 aliphatic heterocycles. The average molecular weight is 197 g/mol. The molecule has 0 fully saturated rings. The fourth-order valence-electron chi connectivity index (χ4n) is 0.906. The molecule has 0 saturated carbocycles. The number of hydrogen-bond acceptors (Lipinski definition) is 1. The summed E-state index contributed by atoms with van der Waals surface area (Å²) in [4.78, 5) is 10.2. The molecule has 0 aliphatic rings. The van der Waals surface area contributed by atoms with Gasteiger partial charge in [0, 0.05) is 5.02 Å². The van der Waals surface area contributed by atoms with Gasteiger partial charge in [-0.15, -0.1) is 0 Å². The average Bonchev–Trinajstić information content (AvgIpc) is 2.03. The zero-order valence-corrected chi connectivity index (χ0v) is 7.66. The first-order valence-corrected chi connectivity index (χ1v) is 4.20. The molecular formula is C10H9ClO2. The van der Waals surface area contributed by atoms with Gasteiger partial charge in [-0.05, 0) is 17.7 Å². The van der Waals surface area contributed by atoms with Gasteiger partial charge in [0.15, 0.2) is 0 Å². The van der Waals surface area contributed by atoms with E-state index in [4.69, 9.17) is 16.7 Å². The molecule has 1 N–H and O–H groups in total. The van der Waals surface area contributed by atoms with E-state index in [1.54, 1.807) is 24.3 Å². The van der Waals surface area contributed by atoms with E-state index in [0.29, 0.717) is 5.02 Å². The van der Waals surface area contributed by atoms with Gasteiger partial charge in [-0.25, -0.2) is 0 Å². The van der Waals surface area contributed by atoms with Crippen LogP contribution in [0.25, 0.3) is 6.08 Å². The van der Waals surface area contributed by atoms with Crippen molar-refractivity contribution in [3.05, 3.63) is 40.9 Å². The van der Waals surface area contributed by atoms with E-state index >= 15 is 0 Å². The van der Waals surface area contributed by atoms with Gasteiger partial charge in [0.25, 0.3) is 0 Å². The van der Waals surface area contributed by atoms with Crippen molar-refractivity contribution >= 4 is 23.6 Å². The second-order valence-corrected chi connectivity index (χ2v) is 2.99. The maximum absolute atomic E-state index is 10.2. The van der Waals surface area contributed by atoms with Gasteiger partial charge in [0.2, 0.25) is 0 Å². The van der Waals surface area contributed by atoms with E-state index in [1.807, 2.05) is 12.1 Å². The third-order valence-electron chi connectivity index (χ3n) is 1.45. The van der Waals surface area contributed by atoms with Crippen molar-refractivity contribution in [1.29, 1.82) is 0 Å². The van der Waals surface area contributed by atoms with Crippen molar-refractivity contribution in [3.63, 3.8) is 0 Å². The van der Waals surface area contributed by atoms with Crippen LogP contribution in [-0.2, 0) is 4.79 Å². The van der Waals surface area contributed by atoms with Crippen LogP contribution < -0.4 is 0 Å². The number of benzene rings is 1. The van der Waals surface area contributed by atoms with Crippen molar-refractivity contribution in [3.8, 4) is 0 Å². The smallest absolute Gasteiger partial charge is 0.307 e. The van der Waals surface area contributed by atoms with Crippen LogP contribution in [0.2, 0.25) is 5.02 Å². The lowest BCUT2D eigenvalue weighted by Gasteiger charge is -1.92. The largest absolute Gasteiger partial charge is 0.481 e. The summed E-state index contributed by atoms with van der Waals surface area (Å²) >= 11 is 5.74. The lowest BCUT2D eigenvalue weighted by Crippen LogP contribution is -1.89. The highest BCUT2D eigenvalue weighted by atomic mass is 35.5. The third kappa shape index (κ3) is 3.76. The van der Waals surface area contributed by atoms with Crippen molar-refractivity contribution in [2.75, 3.05) is 0 Å². The Labute approximate surface area is 81.5 Å². The molecule has 0 amide bonds. The summed E-state index contributed by atoms with van der Waals surface area (Å²) in [7, 11) is 0. The second kappa shape index (κ2) is 4.67. The normalized spacial score (nSPS) is 10.5. The molecule has 0 radical (unpaired) electrons. The predicted molar refractivity (Wildman–Crippen MR) is 52.7 cm³/mol. The molecule has 0 aliphatic carbocycles. The van der Waals surface area contributed by atoms with Gasteiger partial charge >= 0.3 is 5.97 Å². The zero-order valence-electron chi connectivity index (χ0n) is 6.90. The predicted octanol–water partition coefficient (Wildman–Crippen LogP) is 2.83. The fourth-order valence-corrected chi connectivity index (χ4v) is 1.10. The van der Waals surface area contributed by atoms with E-state index in [0.717, 1.165) is 5.56 Å². The molecule has 0 spiro atoms. The molecule has 0 saturated heterocycles. The molecule has 0 heterocycles. The molecule has 13 heavy (non-hydrogen) atoms. The van der Waals surface area contributed by atoms with Crippen molar-refractivity contribution in [2.24, 2.45) is 0 Å². The molecule has 0 bridgehead atoms. The number of rotatable bonds is 3. The van der Waals surface area contributed by atoms with Crippen LogP contribution in [0.3, 0.4) is 0 Å². The minimum Gasteiger partial charge on any atom is -0.481 e. The van der Waals surface area contributed by atoms with E-state index < -0.39 is 5.97 Å². The Morgan fingerprint density at radius 2 is 2.31 bits per heavy atom. The van der Waals surface area contributed by atoms with E-state index in [1.165, 1.54) is 0 Å². The summed E-state index contributed by atoms with van der Waals surface area (Å²) in [6.45, 7) is 0. The van der Waals surface area contributed by atoms with Crippen molar-refractivity contribution < 1.29 is 9.90 Å². The Kier molecular flexibility index (Phi) is 3.53. The minimum atomic E-state index is -0.835. The van der Waals surface area contributed by atoms with Crippen LogP contribution in [-0.4, -0.2) is 11.1 Å². The zero-order chi connectivity index (χ0) is 9.68. The third-order valence-corrected chi connectivity index (χ3v) is 1.69. The standard InChI is InChI=1S/C10H9ClO2/c11-9-5-1-3-8(7-9)4-2-6-10(12)13/h1-5,7H,6H2,(H,12,13). The fraction of sp³-hybridized carbons (Fsp3) is 0.100. The molecular weight excluding hydrogens is 188 g/mol. The van der Waals surface area contributed by atoms with Crippen LogP contribution in [0.15, 0.2) is 30.3 Å². The van der Waals surface area contributed by atoms with Crippen LogP contribution >= 0.6 is 11.6 Å². The second-order valence-electron chi connectivity index (χ2n) is 2.56. The lowest BCUT2D eigenvalue weighted by atomic mass is 10.2. The minimum absolute atomic E-state index is 0.0342. The van der Waals surface area contributed by atoms with Crippen LogP contribution in [0.1, 0.15) is 12.0 Å². The van der Waals surface area contributed by atoms with Gasteiger partial charge in [-0.2, -0.15) is 0 Å². The van der Waals surface area contributed by atoms with Crippen molar-refractivity contribution in [1.82, 2.24) is 0 Å². The van der Waals surface area contributed by atoms with E-state index in [-0.39, 0.29) is 6.42 Å². The summed E-state index contributed by atoms with van der Waals surface area (Å²) in [5, 5.41) is 9.02. The molecule has 0 atom stereocenters. The molecule has 2 nitrogen and oxygen atoms in total. The summed E-state index contributed by atoms with van der Waals surface area (Å²) in [5.41, 5.74) is 0.911. The van der Waals surface area contributed by atoms with Gasteiger partial charge in [0.05, 0.1) is 6.42 Å². The molecule has 1 aromatic carbocycles. The lowest BCUT2D eigenvalue weighted by molar-refractivity contribution is -0.135. The molecule has 0 aromatic heterocycles. The van der Waals surface area contributed by atoms with Crippen LogP contribution in [0.5, 0.6) is 0 Å². The highest BCUT2D eigenvalue weighted by Crippen LogP contribution is 2.11. The van der Waals surface area contributed by atoms with Crippen LogP contribution in [0, 0.1) is 0 Å². The molecule has 68 valence electrons. The summed E-state index contributed by atoms with van der Waals surface area (Å²) in [6, 6.07) is 7.24. The van der Waals surface area contributed by atoms with Crippen LogP contribution in [0.4, 0.5) is 0 Å². The van der Waals surface area contributed by atoms with E-state index in [2.05, 4.69) is 0 Å². The van der Waals surface area contributed by atoms with E-state index in [9.17, 15) is 4.79 Å². The first kappa shape index (κ1) is 9.81. The first-order valence-electron chi connectivity index (χ1n) is 3.82. The van der Waals surface area contributed by atoms with Gasteiger partial charge < -0.3 is 5.11 Å². The maximum atomic E-state index is 10.2. The Hall–Kier alpha value is -1.28. The number of hydrogen-bond donors (Lipinski definition) is 1. The number of carbonyl (C=O) groups is 1. The summed E-state index contributed by atoms with van der Waals surface area (Å²) in [5.74, 6) is -0.835. The Bertz CT molecular complexity index is 331. The summed E-state index contributed by atoms with van der Waals surface area (Å²) < 4.78 is 0. The van der Waals surface area contributed by atoms with Gasteiger partial charge in [0.1, 0.15) is 0 Å².